The fourth-order valence-corrected chi connectivity index (χ4v) is 1.45. The summed E-state index contributed by atoms with van der Waals surface area (Å²) in [6.45, 7) is 0. The molecule has 0 aliphatic heterocycles. The van der Waals surface area contributed by atoms with Gasteiger partial charge in [0.15, 0.2) is 12.2 Å². The smallest absolute Gasteiger partial charge is 0.196 e. The lowest BCUT2D eigenvalue weighted by atomic mass is 10.2. The van der Waals surface area contributed by atoms with Gasteiger partial charge >= 0.3 is 0 Å². The van der Waals surface area contributed by atoms with Gasteiger partial charge in [-0.15, -0.1) is 0 Å². The monoisotopic (exact) mass is 202 g/mol. The highest BCUT2D eigenvalue weighted by Gasteiger charge is 2.25. The van der Waals surface area contributed by atoms with Crippen LogP contribution in [-0.2, 0) is 0 Å². The van der Waals surface area contributed by atoms with Gasteiger partial charge in [0.25, 0.3) is 0 Å². The Morgan fingerprint density at radius 1 is 1.27 bits per heavy atom. The van der Waals surface area contributed by atoms with Crippen molar-refractivity contribution in [1.29, 1.82) is 0 Å². The van der Waals surface area contributed by atoms with E-state index in [1.165, 1.54) is 12.1 Å². The maximum Gasteiger partial charge on any atom is 0.196 e. The average molecular weight is 202 g/mol. The van der Waals surface area contributed by atoms with Gasteiger partial charge in [0.2, 0.25) is 0 Å². The maximum atomic E-state index is 12.7. The van der Waals surface area contributed by atoms with Crippen LogP contribution in [0.1, 0.15) is 18.9 Å². The van der Waals surface area contributed by atoms with E-state index >= 15 is 0 Å². The van der Waals surface area contributed by atoms with Crippen molar-refractivity contribution in [2.45, 2.75) is 18.9 Å². The standard InChI is InChI=1S/C11H9FN3/c12-9-3-1-8(2-4-9)11-13-7-15(14-11)10-5-6-10/h1-4,10H,5-6H2. The number of benzene rings is 1. The van der Waals surface area contributed by atoms with Crippen LogP contribution in [0.25, 0.3) is 11.4 Å². The molecule has 0 saturated heterocycles. The summed E-state index contributed by atoms with van der Waals surface area (Å²) in [4.78, 5) is 4.08. The third kappa shape index (κ3) is 1.63. The van der Waals surface area contributed by atoms with E-state index in [0.29, 0.717) is 11.9 Å². The summed E-state index contributed by atoms with van der Waals surface area (Å²) < 4.78 is 14.5. The molecular formula is C11H9FN3. The largest absolute Gasteiger partial charge is 0.239 e. The number of hydrogen-bond acceptors (Lipinski definition) is 2. The molecule has 1 radical (unpaired) electrons. The second-order valence-electron chi connectivity index (χ2n) is 3.72. The van der Waals surface area contributed by atoms with Gasteiger partial charge in [0.1, 0.15) is 5.82 Å². The van der Waals surface area contributed by atoms with Crippen molar-refractivity contribution >= 4 is 0 Å². The first-order valence-electron chi connectivity index (χ1n) is 4.93. The van der Waals surface area contributed by atoms with Gasteiger partial charge in [-0.3, -0.25) is 0 Å². The zero-order valence-electron chi connectivity index (χ0n) is 8.02. The Hall–Kier alpha value is -1.71. The summed E-state index contributed by atoms with van der Waals surface area (Å²) in [5.74, 6) is 0.367. The Kier molecular flexibility index (Phi) is 1.80. The van der Waals surface area contributed by atoms with Crippen molar-refractivity contribution in [1.82, 2.24) is 14.8 Å². The van der Waals surface area contributed by atoms with E-state index in [1.54, 1.807) is 16.8 Å². The SMILES string of the molecule is Fc1ccc(-c2n[c]n(C3CC3)n2)cc1. The second kappa shape index (κ2) is 3.15. The molecule has 0 atom stereocenters. The van der Waals surface area contributed by atoms with Gasteiger partial charge in [-0.2, -0.15) is 5.10 Å². The molecule has 0 unspecified atom stereocenters. The van der Waals surface area contributed by atoms with Crippen LogP contribution in [0.5, 0.6) is 0 Å². The molecule has 0 spiro atoms. The number of halogens is 1. The highest BCUT2D eigenvalue weighted by atomic mass is 19.1. The van der Waals surface area contributed by atoms with Crippen molar-refractivity contribution in [2.75, 3.05) is 0 Å². The minimum atomic E-state index is -0.246. The maximum absolute atomic E-state index is 12.7. The molecule has 1 aromatic heterocycles. The molecule has 3 nitrogen and oxygen atoms in total. The summed E-state index contributed by atoms with van der Waals surface area (Å²) in [5, 5.41) is 4.30. The van der Waals surface area contributed by atoms with Crippen LogP contribution in [-0.4, -0.2) is 14.8 Å². The zero-order valence-corrected chi connectivity index (χ0v) is 8.02. The lowest BCUT2D eigenvalue weighted by Gasteiger charge is -1.95. The molecule has 4 heteroatoms. The summed E-state index contributed by atoms with van der Waals surface area (Å²) in [5.41, 5.74) is 0.826. The van der Waals surface area contributed by atoms with E-state index < -0.39 is 0 Å². The van der Waals surface area contributed by atoms with E-state index in [1.807, 2.05) is 0 Å². The zero-order chi connectivity index (χ0) is 10.3. The van der Waals surface area contributed by atoms with E-state index in [-0.39, 0.29) is 5.82 Å². The van der Waals surface area contributed by atoms with Crippen LogP contribution < -0.4 is 0 Å². The third-order valence-electron chi connectivity index (χ3n) is 2.46. The predicted molar refractivity (Wildman–Crippen MR) is 52.5 cm³/mol. The topological polar surface area (TPSA) is 30.7 Å². The first-order valence-corrected chi connectivity index (χ1v) is 4.93. The van der Waals surface area contributed by atoms with Crippen LogP contribution in [0.4, 0.5) is 4.39 Å². The van der Waals surface area contributed by atoms with Crippen molar-refractivity contribution in [3.8, 4) is 11.4 Å². The Morgan fingerprint density at radius 2 is 2.00 bits per heavy atom. The molecule has 15 heavy (non-hydrogen) atoms. The molecule has 1 aliphatic rings. The molecule has 1 heterocycles. The highest BCUT2D eigenvalue weighted by Crippen LogP contribution is 2.33. The lowest BCUT2D eigenvalue weighted by molar-refractivity contribution is 0.627. The summed E-state index contributed by atoms with van der Waals surface area (Å²) in [7, 11) is 0. The number of nitrogens with zero attached hydrogens (tertiary/aromatic N) is 3. The molecule has 0 bridgehead atoms. The third-order valence-corrected chi connectivity index (χ3v) is 2.46. The summed E-state index contributed by atoms with van der Waals surface area (Å²) >= 11 is 0. The fourth-order valence-electron chi connectivity index (χ4n) is 1.45. The number of rotatable bonds is 2. The molecule has 2 aromatic rings. The summed E-state index contributed by atoms with van der Waals surface area (Å²) in [6.07, 6.45) is 5.15. The molecule has 3 rings (SSSR count). The minimum Gasteiger partial charge on any atom is -0.239 e. The molecule has 0 amide bonds. The van der Waals surface area contributed by atoms with Gasteiger partial charge in [0.05, 0.1) is 6.04 Å². The predicted octanol–water partition coefficient (Wildman–Crippen LogP) is 2.22. The van der Waals surface area contributed by atoms with Crippen molar-refractivity contribution in [2.24, 2.45) is 0 Å². The van der Waals surface area contributed by atoms with E-state index in [4.69, 9.17) is 0 Å². The van der Waals surface area contributed by atoms with Crippen LogP contribution >= 0.6 is 0 Å². The van der Waals surface area contributed by atoms with Crippen LogP contribution in [0.3, 0.4) is 0 Å². The quantitative estimate of drug-likeness (QED) is 0.747. The summed E-state index contributed by atoms with van der Waals surface area (Å²) in [6, 6.07) is 6.65. The van der Waals surface area contributed by atoms with E-state index in [9.17, 15) is 4.39 Å². The molecule has 1 aromatic carbocycles. The van der Waals surface area contributed by atoms with E-state index in [2.05, 4.69) is 16.4 Å². The first kappa shape index (κ1) is 8.59. The highest BCUT2D eigenvalue weighted by molar-refractivity contribution is 5.53. The van der Waals surface area contributed by atoms with Crippen molar-refractivity contribution in [3.05, 3.63) is 36.4 Å². The second-order valence-corrected chi connectivity index (χ2v) is 3.72. The Bertz CT molecular complexity index is 471. The fraction of sp³-hybridized carbons (Fsp3) is 0.273. The van der Waals surface area contributed by atoms with Crippen LogP contribution in [0, 0.1) is 12.1 Å². The lowest BCUT2D eigenvalue weighted by Crippen LogP contribution is -1.94. The number of hydrogen-bond donors (Lipinski definition) is 0. The normalized spacial score (nSPS) is 15.5. The van der Waals surface area contributed by atoms with Crippen molar-refractivity contribution in [3.63, 3.8) is 0 Å². The molecular weight excluding hydrogens is 193 g/mol. The number of aromatic nitrogens is 3. The van der Waals surface area contributed by atoms with E-state index in [0.717, 1.165) is 18.4 Å². The van der Waals surface area contributed by atoms with Gasteiger partial charge in [0, 0.05) is 5.56 Å². The first-order chi connectivity index (χ1) is 7.33. The van der Waals surface area contributed by atoms with Gasteiger partial charge in [-0.05, 0) is 37.1 Å². The molecule has 75 valence electrons. The Labute approximate surface area is 86.6 Å². The van der Waals surface area contributed by atoms with Gasteiger partial charge in [-0.1, -0.05) is 0 Å². The molecule has 1 saturated carbocycles. The van der Waals surface area contributed by atoms with Crippen LogP contribution in [0.15, 0.2) is 24.3 Å². The molecule has 1 aliphatic carbocycles. The molecule has 0 N–H and O–H groups in total. The molecule has 1 fully saturated rings. The minimum absolute atomic E-state index is 0.246. The Balaban J connectivity index is 1.93. The van der Waals surface area contributed by atoms with Crippen molar-refractivity contribution < 1.29 is 4.39 Å². The van der Waals surface area contributed by atoms with Crippen LogP contribution in [0.2, 0.25) is 0 Å². The average Bonchev–Trinajstić information content (AvgIpc) is 2.99. The van der Waals surface area contributed by atoms with Gasteiger partial charge in [-0.25, -0.2) is 14.1 Å². The Morgan fingerprint density at radius 3 is 2.67 bits per heavy atom. The van der Waals surface area contributed by atoms with Gasteiger partial charge < -0.3 is 0 Å².